The second-order valence-corrected chi connectivity index (χ2v) is 8.30. The lowest BCUT2D eigenvalue weighted by Crippen LogP contribution is -2.17. The van der Waals surface area contributed by atoms with Gasteiger partial charge in [0.1, 0.15) is 5.75 Å². The SMILES string of the molecule is CC(C)(C)c1cc(C=CC=CO[PH](=O)O)cc(C(C)(C)C)c1O. The van der Waals surface area contributed by atoms with E-state index in [1.807, 2.05) is 18.2 Å². The van der Waals surface area contributed by atoms with Gasteiger partial charge in [0.05, 0.1) is 6.26 Å². The molecule has 0 radical (unpaired) electrons. The van der Waals surface area contributed by atoms with Crippen molar-refractivity contribution in [1.82, 2.24) is 0 Å². The quantitative estimate of drug-likeness (QED) is 0.465. The maximum absolute atomic E-state index is 10.6. The number of phenolic OH excluding ortho intramolecular Hbond substituents is 1. The predicted molar refractivity (Wildman–Crippen MR) is 96.0 cm³/mol. The van der Waals surface area contributed by atoms with Crippen LogP contribution in [0.4, 0.5) is 0 Å². The van der Waals surface area contributed by atoms with Crippen LogP contribution in [0.5, 0.6) is 5.75 Å². The van der Waals surface area contributed by atoms with E-state index >= 15 is 0 Å². The lowest BCUT2D eigenvalue weighted by atomic mass is 9.78. The Morgan fingerprint density at radius 3 is 1.87 bits per heavy atom. The average Bonchev–Trinajstić information content (AvgIpc) is 2.36. The summed E-state index contributed by atoms with van der Waals surface area (Å²) in [7, 11) is -2.94. The van der Waals surface area contributed by atoms with Gasteiger partial charge in [0.25, 0.3) is 0 Å². The largest absolute Gasteiger partial charge is 0.507 e. The van der Waals surface area contributed by atoms with Crippen LogP contribution in [0.3, 0.4) is 0 Å². The van der Waals surface area contributed by atoms with E-state index in [0.717, 1.165) is 16.7 Å². The molecule has 23 heavy (non-hydrogen) atoms. The van der Waals surface area contributed by atoms with Crippen molar-refractivity contribution in [3.05, 3.63) is 47.2 Å². The minimum Gasteiger partial charge on any atom is -0.507 e. The van der Waals surface area contributed by atoms with Crippen molar-refractivity contribution in [3.63, 3.8) is 0 Å². The zero-order chi connectivity index (χ0) is 17.8. The summed E-state index contributed by atoms with van der Waals surface area (Å²) in [4.78, 5) is 8.57. The van der Waals surface area contributed by atoms with Gasteiger partial charge in [0.15, 0.2) is 0 Å². The normalized spacial score (nSPS) is 14.6. The third kappa shape index (κ3) is 5.89. The zero-order valence-corrected chi connectivity index (χ0v) is 15.7. The highest BCUT2D eigenvalue weighted by molar-refractivity contribution is 7.32. The molecule has 0 aliphatic carbocycles. The topological polar surface area (TPSA) is 66.8 Å². The monoisotopic (exact) mass is 338 g/mol. The van der Waals surface area contributed by atoms with Gasteiger partial charge in [-0.15, -0.1) is 0 Å². The van der Waals surface area contributed by atoms with Crippen LogP contribution in [-0.4, -0.2) is 10.00 Å². The van der Waals surface area contributed by atoms with Crippen molar-refractivity contribution in [2.45, 2.75) is 52.4 Å². The van der Waals surface area contributed by atoms with E-state index in [1.165, 1.54) is 6.26 Å². The molecule has 4 nitrogen and oxygen atoms in total. The summed E-state index contributed by atoms with van der Waals surface area (Å²) in [6.45, 7) is 12.4. The Labute approximate surface area is 139 Å². The number of phenols is 1. The molecule has 1 aromatic carbocycles. The van der Waals surface area contributed by atoms with Crippen LogP contribution >= 0.6 is 8.25 Å². The van der Waals surface area contributed by atoms with E-state index in [9.17, 15) is 9.67 Å². The molecule has 0 amide bonds. The fourth-order valence-corrected chi connectivity index (χ4v) is 2.40. The molecule has 128 valence electrons. The third-order valence-corrected chi connectivity index (χ3v) is 3.73. The summed E-state index contributed by atoms with van der Waals surface area (Å²) in [6, 6.07) is 3.93. The number of aromatic hydroxyl groups is 1. The molecule has 0 aliphatic rings. The average molecular weight is 338 g/mol. The molecular weight excluding hydrogens is 311 g/mol. The van der Waals surface area contributed by atoms with Crippen molar-refractivity contribution in [2.24, 2.45) is 0 Å². The molecule has 0 spiro atoms. The molecule has 0 aromatic heterocycles. The summed E-state index contributed by atoms with van der Waals surface area (Å²) in [6.07, 6.45) is 6.35. The Kier molecular flexibility index (Phi) is 6.26. The summed E-state index contributed by atoms with van der Waals surface area (Å²) in [5, 5.41) is 10.6. The van der Waals surface area contributed by atoms with Crippen LogP contribution in [0, 0.1) is 0 Å². The maximum Gasteiger partial charge on any atom is 0.364 e. The zero-order valence-electron chi connectivity index (χ0n) is 14.7. The van der Waals surface area contributed by atoms with Gasteiger partial charge in [0.2, 0.25) is 0 Å². The number of allylic oxidation sites excluding steroid dienone is 2. The molecule has 1 atom stereocenters. The number of hydrogen-bond donors (Lipinski definition) is 2. The number of benzene rings is 1. The maximum atomic E-state index is 10.6. The van der Waals surface area contributed by atoms with E-state index in [2.05, 4.69) is 46.1 Å². The van der Waals surface area contributed by atoms with Crippen molar-refractivity contribution in [2.75, 3.05) is 0 Å². The first-order valence-corrected chi connectivity index (χ1v) is 8.80. The van der Waals surface area contributed by atoms with E-state index in [4.69, 9.17) is 4.89 Å². The van der Waals surface area contributed by atoms with Gasteiger partial charge in [-0.05, 0) is 34.6 Å². The van der Waals surface area contributed by atoms with Gasteiger partial charge < -0.3 is 14.5 Å². The summed E-state index contributed by atoms with van der Waals surface area (Å²) in [5.74, 6) is 0.347. The molecule has 1 aromatic rings. The summed E-state index contributed by atoms with van der Waals surface area (Å²) >= 11 is 0. The first-order chi connectivity index (χ1) is 10.4. The molecule has 0 heterocycles. The fraction of sp³-hybridized carbons (Fsp3) is 0.444. The van der Waals surface area contributed by atoms with E-state index < -0.39 is 8.25 Å². The molecule has 0 bridgehead atoms. The third-order valence-electron chi connectivity index (χ3n) is 3.40. The van der Waals surface area contributed by atoms with Crippen LogP contribution in [0.25, 0.3) is 6.08 Å². The molecule has 5 heteroatoms. The van der Waals surface area contributed by atoms with Gasteiger partial charge in [0, 0.05) is 11.1 Å². The first-order valence-electron chi connectivity index (χ1n) is 7.53. The van der Waals surface area contributed by atoms with Gasteiger partial charge in [-0.2, -0.15) is 0 Å². The minimum absolute atomic E-state index is 0.177. The number of rotatable bonds is 4. The second kappa shape index (κ2) is 7.37. The molecule has 1 rings (SSSR count). The lowest BCUT2D eigenvalue weighted by molar-refractivity contribution is 0.378. The lowest BCUT2D eigenvalue weighted by Gasteiger charge is -2.27. The molecule has 1 unspecified atom stereocenters. The van der Waals surface area contributed by atoms with Crippen LogP contribution in [0.2, 0.25) is 0 Å². The Balaban J connectivity index is 3.26. The van der Waals surface area contributed by atoms with Gasteiger partial charge in [-0.3, -0.25) is 0 Å². The first kappa shape index (κ1) is 19.5. The Morgan fingerprint density at radius 1 is 1.00 bits per heavy atom. The van der Waals surface area contributed by atoms with E-state index in [-0.39, 0.29) is 10.8 Å². The van der Waals surface area contributed by atoms with E-state index in [1.54, 1.807) is 12.2 Å². The summed E-state index contributed by atoms with van der Waals surface area (Å²) < 4.78 is 14.9. The molecule has 0 saturated heterocycles. The molecule has 0 aliphatic heterocycles. The second-order valence-electron chi connectivity index (χ2n) is 7.54. The Bertz CT molecular complexity index is 596. The summed E-state index contributed by atoms with van der Waals surface area (Å²) in [5.41, 5.74) is 2.39. The van der Waals surface area contributed by atoms with Crippen LogP contribution < -0.4 is 0 Å². The van der Waals surface area contributed by atoms with Crippen LogP contribution in [0.15, 0.2) is 30.5 Å². The minimum atomic E-state index is -2.94. The Morgan fingerprint density at radius 2 is 1.48 bits per heavy atom. The van der Waals surface area contributed by atoms with Crippen LogP contribution in [-0.2, 0) is 19.9 Å². The van der Waals surface area contributed by atoms with E-state index in [0.29, 0.717) is 5.75 Å². The van der Waals surface area contributed by atoms with Gasteiger partial charge in [-0.25, -0.2) is 4.57 Å². The van der Waals surface area contributed by atoms with Crippen molar-refractivity contribution >= 4 is 14.3 Å². The van der Waals surface area contributed by atoms with Gasteiger partial charge in [-0.1, -0.05) is 53.7 Å². The highest BCUT2D eigenvalue weighted by atomic mass is 31.1. The molecular formula is C18H27O4P. The van der Waals surface area contributed by atoms with Crippen LogP contribution in [0.1, 0.15) is 58.2 Å². The van der Waals surface area contributed by atoms with Crippen molar-refractivity contribution in [3.8, 4) is 5.75 Å². The predicted octanol–water partition coefficient (Wildman–Crippen LogP) is 4.91. The number of hydrogen-bond acceptors (Lipinski definition) is 3. The molecule has 0 saturated carbocycles. The highest BCUT2D eigenvalue weighted by Crippen LogP contribution is 2.39. The standard InChI is InChI=1S/C18H27O4P/c1-17(2,3)14-11-13(9-7-8-10-22-23(20)21)12-15(16(14)19)18(4,5)6/h7-12,19,23H,1-6H3,(H,20,21). The Hall–Kier alpha value is -1.51. The fourth-order valence-electron chi connectivity index (χ4n) is 2.21. The van der Waals surface area contributed by atoms with Gasteiger partial charge >= 0.3 is 8.25 Å². The van der Waals surface area contributed by atoms with Crippen molar-refractivity contribution < 1.29 is 19.1 Å². The smallest absolute Gasteiger partial charge is 0.364 e. The molecule has 0 fully saturated rings. The highest BCUT2D eigenvalue weighted by Gasteiger charge is 2.26. The van der Waals surface area contributed by atoms with Crippen molar-refractivity contribution in [1.29, 1.82) is 0 Å². The molecule has 2 N–H and O–H groups in total.